The molecule has 19 heavy (non-hydrogen) atoms. The van der Waals surface area contributed by atoms with Gasteiger partial charge in [-0.25, -0.2) is 4.39 Å². The maximum Gasteiger partial charge on any atom is 0.165 e. The van der Waals surface area contributed by atoms with Crippen molar-refractivity contribution in [1.29, 1.82) is 0 Å². The van der Waals surface area contributed by atoms with Crippen LogP contribution < -0.4 is 5.32 Å². The molecule has 1 saturated carbocycles. The zero-order valence-electron chi connectivity index (χ0n) is 11.3. The van der Waals surface area contributed by atoms with Gasteiger partial charge in [-0.1, -0.05) is 25.8 Å². The SMILES string of the molecule is CC1CCCC(O)(CNCc2ccc(O)c(F)c2)C1. The number of halogens is 1. The first-order valence-corrected chi connectivity index (χ1v) is 6.89. The van der Waals surface area contributed by atoms with Gasteiger partial charge in [0.2, 0.25) is 0 Å². The molecule has 1 fully saturated rings. The van der Waals surface area contributed by atoms with Gasteiger partial charge in [-0.3, -0.25) is 0 Å². The van der Waals surface area contributed by atoms with Crippen molar-refractivity contribution >= 4 is 0 Å². The van der Waals surface area contributed by atoms with Gasteiger partial charge in [0.15, 0.2) is 11.6 Å². The molecule has 0 aliphatic heterocycles. The van der Waals surface area contributed by atoms with Crippen molar-refractivity contribution in [2.45, 2.75) is 44.8 Å². The van der Waals surface area contributed by atoms with Crippen LogP contribution in [0.1, 0.15) is 38.2 Å². The first-order valence-electron chi connectivity index (χ1n) is 6.89. The lowest BCUT2D eigenvalue weighted by Gasteiger charge is -2.35. The summed E-state index contributed by atoms with van der Waals surface area (Å²) in [6.45, 7) is 3.19. The van der Waals surface area contributed by atoms with Crippen LogP contribution in [-0.2, 0) is 6.54 Å². The molecule has 0 saturated heterocycles. The zero-order chi connectivity index (χ0) is 13.9. The van der Waals surface area contributed by atoms with Crippen LogP contribution in [0.2, 0.25) is 0 Å². The largest absolute Gasteiger partial charge is 0.505 e. The van der Waals surface area contributed by atoms with E-state index in [-0.39, 0.29) is 5.75 Å². The summed E-state index contributed by atoms with van der Waals surface area (Å²) in [7, 11) is 0. The first-order chi connectivity index (χ1) is 8.98. The molecule has 4 heteroatoms. The number of hydrogen-bond donors (Lipinski definition) is 3. The summed E-state index contributed by atoms with van der Waals surface area (Å²) < 4.78 is 13.2. The summed E-state index contributed by atoms with van der Waals surface area (Å²) in [6.07, 6.45) is 3.90. The van der Waals surface area contributed by atoms with Crippen molar-refractivity contribution in [2.24, 2.45) is 5.92 Å². The molecule has 0 radical (unpaired) electrons. The number of benzene rings is 1. The number of aromatic hydroxyl groups is 1. The minimum Gasteiger partial charge on any atom is -0.505 e. The monoisotopic (exact) mass is 267 g/mol. The minimum atomic E-state index is -0.632. The lowest BCUT2D eigenvalue weighted by atomic mass is 9.79. The predicted molar refractivity (Wildman–Crippen MR) is 72.4 cm³/mol. The minimum absolute atomic E-state index is 0.330. The fraction of sp³-hybridized carbons (Fsp3) is 0.600. The van der Waals surface area contributed by atoms with Crippen molar-refractivity contribution in [3.8, 4) is 5.75 Å². The van der Waals surface area contributed by atoms with Gasteiger partial charge in [0.05, 0.1) is 5.60 Å². The van der Waals surface area contributed by atoms with Crippen LogP contribution in [0.3, 0.4) is 0 Å². The van der Waals surface area contributed by atoms with E-state index in [1.54, 1.807) is 6.07 Å². The Labute approximate surface area is 113 Å². The van der Waals surface area contributed by atoms with Crippen LogP contribution in [-0.4, -0.2) is 22.4 Å². The standard InChI is InChI=1S/C15H22FNO2/c1-11-3-2-6-15(19,8-11)10-17-9-12-4-5-14(18)13(16)7-12/h4-5,7,11,17-19H,2-3,6,8-10H2,1H3. The lowest BCUT2D eigenvalue weighted by Crippen LogP contribution is -2.43. The van der Waals surface area contributed by atoms with Crippen LogP contribution >= 0.6 is 0 Å². The van der Waals surface area contributed by atoms with Crippen molar-refractivity contribution in [3.05, 3.63) is 29.6 Å². The molecule has 0 bridgehead atoms. The summed E-state index contributed by atoms with van der Waals surface area (Å²) in [6, 6.07) is 4.35. The fourth-order valence-corrected chi connectivity index (χ4v) is 2.89. The molecular weight excluding hydrogens is 245 g/mol. The number of rotatable bonds is 4. The van der Waals surface area contributed by atoms with Crippen molar-refractivity contribution in [2.75, 3.05) is 6.54 Å². The summed E-state index contributed by atoms with van der Waals surface area (Å²) in [5.41, 5.74) is 0.135. The molecule has 0 heterocycles. The average Bonchev–Trinajstić information content (AvgIpc) is 2.33. The maximum atomic E-state index is 13.2. The van der Waals surface area contributed by atoms with Crippen LogP contribution in [0.5, 0.6) is 5.75 Å². The maximum absolute atomic E-state index is 13.2. The topological polar surface area (TPSA) is 52.5 Å². The normalized spacial score (nSPS) is 27.4. The van der Waals surface area contributed by atoms with E-state index in [4.69, 9.17) is 5.11 Å². The van der Waals surface area contributed by atoms with E-state index in [0.717, 1.165) is 24.8 Å². The van der Waals surface area contributed by atoms with Crippen molar-refractivity contribution in [3.63, 3.8) is 0 Å². The summed E-state index contributed by atoms with van der Waals surface area (Å²) in [5, 5.41) is 22.7. The van der Waals surface area contributed by atoms with E-state index in [2.05, 4.69) is 12.2 Å². The number of phenolic OH excluding ortho intramolecular Hbond substituents is 1. The second-order valence-electron chi connectivity index (χ2n) is 5.82. The Balaban J connectivity index is 1.84. The lowest BCUT2D eigenvalue weighted by molar-refractivity contribution is -0.0119. The molecule has 2 unspecified atom stereocenters. The molecule has 106 valence electrons. The third kappa shape index (κ3) is 3.91. The molecular formula is C15H22FNO2. The van der Waals surface area contributed by atoms with E-state index in [0.29, 0.717) is 19.0 Å². The molecule has 0 amide bonds. The summed E-state index contributed by atoms with van der Waals surface area (Å²) >= 11 is 0. The highest BCUT2D eigenvalue weighted by atomic mass is 19.1. The molecule has 0 spiro atoms. The van der Waals surface area contributed by atoms with Gasteiger partial charge in [0.25, 0.3) is 0 Å². The molecule has 1 aromatic carbocycles. The van der Waals surface area contributed by atoms with Gasteiger partial charge in [-0.05, 0) is 36.5 Å². The zero-order valence-corrected chi connectivity index (χ0v) is 11.3. The van der Waals surface area contributed by atoms with E-state index in [1.165, 1.54) is 18.6 Å². The molecule has 1 aromatic rings. The molecule has 1 aliphatic rings. The third-order valence-electron chi connectivity index (χ3n) is 3.86. The Morgan fingerprint density at radius 2 is 2.26 bits per heavy atom. The van der Waals surface area contributed by atoms with E-state index < -0.39 is 11.4 Å². The van der Waals surface area contributed by atoms with E-state index >= 15 is 0 Å². The Bertz CT molecular complexity index is 438. The van der Waals surface area contributed by atoms with Crippen molar-refractivity contribution < 1.29 is 14.6 Å². The highest BCUT2D eigenvalue weighted by Crippen LogP contribution is 2.31. The summed E-state index contributed by atoms with van der Waals surface area (Å²) in [4.78, 5) is 0. The van der Waals surface area contributed by atoms with Crippen molar-refractivity contribution in [1.82, 2.24) is 5.32 Å². The Kier molecular flexibility index (Phi) is 4.42. The molecule has 3 nitrogen and oxygen atoms in total. The second-order valence-corrected chi connectivity index (χ2v) is 5.82. The quantitative estimate of drug-likeness (QED) is 0.786. The molecule has 2 atom stereocenters. The Morgan fingerprint density at radius 1 is 1.47 bits per heavy atom. The van der Waals surface area contributed by atoms with Gasteiger partial charge in [0, 0.05) is 13.1 Å². The number of nitrogens with one attached hydrogen (secondary N) is 1. The highest BCUT2D eigenvalue weighted by molar-refractivity contribution is 5.27. The van der Waals surface area contributed by atoms with Crippen LogP contribution in [0.25, 0.3) is 0 Å². The average molecular weight is 267 g/mol. The second kappa shape index (κ2) is 5.88. The Hall–Kier alpha value is -1.13. The summed E-state index contributed by atoms with van der Waals surface area (Å²) in [5.74, 6) is -0.376. The van der Waals surface area contributed by atoms with Gasteiger partial charge in [0.1, 0.15) is 0 Å². The third-order valence-corrected chi connectivity index (χ3v) is 3.86. The van der Waals surface area contributed by atoms with Crippen LogP contribution in [0.4, 0.5) is 4.39 Å². The van der Waals surface area contributed by atoms with Gasteiger partial charge in [-0.2, -0.15) is 0 Å². The number of aliphatic hydroxyl groups is 1. The smallest absolute Gasteiger partial charge is 0.165 e. The van der Waals surface area contributed by atoms with Gasteiger partial charge >= 0.3 is 0 Å². The molecule has 2 rings (SSSR count). The van der Waals surface area contributed by atoms with E-state index in [9.17, 15) is 9.50 Å². The predicted octanol–water partition coefficient (Wildman–Crippen LogP) is 2.56. The Morgan fingerprint density at radius 3 is 2.95 bits per heavy atom. The number of phenols is 1. The highest BCUT2D eigenvalue weighted by Gasteiger charge is 2.31. The van der Waals surface area contributed by atoms with E-state index in [1.807, 2.05) is 0 Å². The van der Waals surface area contributed by atoms with Gasteiger partial charge < -0.3 is 15.5 Å². The molecule has 3 N–H and O–H groups in total. The van der Waals surface area contributed by atoms with Gasteiger partial charge in [-0.15, -0.1) is 0 Å². The number of hydrogen-bond acceptors (Lipinski definition) is 3. The van der Waals surface area contributed by atoms with Crippen LogP contribution in [0.15, 0.2) is 18.2 Å². The molecule has 1 aliphatic carbocycles. The van der Waals surface area contributed by atoms with Crippen LogP contribution in [0, 0.1) is 11.7 Å². The first kappa shape index (κ1) is 14.3. The fourth-order valence-electron chi connectivity index (χ4n) is 2.89. The molecule has 0 aromatic heterocycles.